The summed E-state index contributed by atoms with van der Waals surface area (Å²) in [6.07, 6.45) is 3.76. The van der Waals surface area contributed by atoms with E-state index in [4.69, 9.17) is 4.74 Å². The predicted octanol–water partition coefficient (Wildman–Crippen LogP) is 3.00. The maximum Gasteiger partial charge on any atom is 0.222 e. The lowest BCUT2D eigenvalue weighted by Gasteiger charge is -2.32. The number of rotatable bonds is 8. The Morgan fingerprint density at radius 1 is 1.35 bits per heavy atom. The Kier molecular flexibility index (Phi) is 6.60. The number of nitrogens with one attached hydrogen (secondary N) is 1. The smallest absolute Gasteiger partial charge is 0.222 e. The van der Waals surface area contributed by atoms with Crippen LogP contribution in [0.4, 0.5) is 0 Å². The lowest BCUT2D eigenvalue weighted by molar-refractivity contribution is -0.125. The molecule has 1 unspecified atom stereocenters. The Balaban J connectivity index is 1.93. The Bertz CT molecular complexity index is 511. The van der Waals surface area contributed by atoms with Crippen molar-refractivity contribution < 1.29 is 14.6 Å². The van der Waals surface area contributed by atoms with E-state index in [1.165, 1.54) is 5.56 Å². The van der Waals surface area contributed by atoms with Gasteiger partial charge in [0.2, 0.25) is 5.91 Å². The first-order valence-electron chi connectivity index (χ1n) is 8.71. The van der Waals surface area contributed by atoms with Crippen LogP contribution in [0, 0.1) is 5.41 Å². The van der Waals surface area contributed by atoms with Crippen molar-refractivity contribution in [3.8, 4) is 0 Å². The number of ether oxygens (including phenoxy) is 1. The van der Waals surface area contributed by atoms with Gasteiger partial charge in [-0.25, -0.2) is 0 Å². The molecule has 1 amide bonds. The molecule has 1 aromatic carbocycles. The summed E-state index contributed by atoms with van der Waals surface area (Å²) >= 11 is 0. The summed E-state index contributed by atoms with van der Waals surface area (Å²) in [5, 5.41) is 12.3. The first-order valence-corrected chi connectivity index (χ1v) is 8.71. The van der Waals surface area contributed by atoms with Crippen LogP contribution in [0.2, 0.25) is 0 Å². The third kappa shape index (κ3) is 4.55. The van der Waals surface area contributed by atoms with E-state index in [9.17, 15) is 9.90 Å². The summed E-state index contributed by atoms with van der Waals surface area (Å²) in [5.74, 6) is 0.0240. The second-order valence-electron chi connectivity index (χ2n) is 6.47. The monoisotopic (exact) mass is 319 g/mol. The maximum atomic E-state index is 12.4. The maximum absolute atomic E-state index is 12.4. The molecule has 0 saturated heterocycles. The fourth-order valence-corrected chi connectivity index (χ4v) is 3.35. The van der Waals surface area contributed by atoms with Crippen LogP contribution in [0.15, 0.2) is 24.3 Å². The van der Waals surface area contributed by atoms with Crippen molar-refractivity contribution in [3.63, 3.8) is 0 Å². The van der Waals surface area contributed by atoms with Gasteiger partial charge in [-0.2, -0.15) is 0 Å². The quantitative estimate of drug-likeness (QED) is 0.774. The highest BCUT2D eigenvalue weighted by atomic mass is 16.5. The SMILES string of the molecule is CCC(CC)(CCO)CNC(=O)CC1OCCc2ccccc21. The zero-order valence-electron chi connectivity index (χ0n) is 14.3. The van der Waals surface area contributed by atoms with E-state index in [1.54, 1.807) is 0 Å². The van der Waals surface area contributed by atoms with Gasteiger partial charge >= 0.3 is 0 Å². The Hall–Kier alpha value is -1.39. The summed E-state index contributed by atoms with van der Waals surface area (Å²) in [6.45, 7) is 5.69. The molecule has 0 aliphatic carbocycles. The second kappa shape index (κ2) is 8.46. The third-order valence-electron chi connectivity index (χ3n) is 5.27. The van der Waals surface area contributed by atoms with Crippen molar-refractivity contribution in [1.29, 1.82) is 0 Å². The Labute approximate surface area is 139 Å². The van der Waals surface area contributed by atoms with Crippen LogP contribution in [-0.4, -0.2) is 30.8 Å². The van der Waals surface area contributed by atoms with Gasteiger partial charge in [0, 0.05) is 13.2 Å². The minimum Gasteiger partial charge on any atom is -0.396 e. The van der Waals surface area contributed by atoms with Gasteiger partial charge in [-0.1, -0.05) is 38.1 Å². The molecule has 0 radical (unpaired) electrons. The zero-order chi connectivity index (χ0) is 16.7. The second-order valence-corrected chi connectivity index (χ2v) is 6.47. The van der Waals surface area contributed by atoms with E-state index in [2.05, 4.69) is 31.3 Å². The number of aliphatic hydroxyl groups excluding tert-OH is 1. The van der Waals surface area contributed by atoms with Crippen LogP contribution < -0.4 is 5.32 Å². The molecule has 1 aromatic rings. The first-order chi connectivity index (χ1) is 11.1. The van der Waals surface area contributed by atoms with E-state index in [0.717, 1.165) is 31.2 Å². The molecular weight excluding hydrogens is 290 g/mol. The molecule has 1 atom stereocenters. The first kappa shape index (κ1) is 18.0. The van der Waals surface area contributed by atoms with E-state index >= 15 is 0 Å². The highest BCUT2D eigenvalue weighted by Gasteiger charge is 2.28. The Morgan fingerprint density at radius 2 is 2.09 bits per heavy atom. The minimum atomic E-state index is -0.143. The average molecular weight is 319 g/mol. The molecule has 0 fully saturated rings. The van der Waals surface area contributed by atoms with Crippen molar-refractivity contribution in [3.05, 3.63) is 35.4 Å². The summed E-state index contributed by atoms with van der Waals surface area (Å²) in [7, 11) is 0. The summed E-state index contributed by atoms with van der Waals surface area (Å²) in [5.41, 5.74) is 2.42. The molecular formula is C19H29NO3. The van der Waals surface area contributed by atoms with Crippen molar-refractivity contribution in [2.45, 2.75) is 52.1 Å². The summed E-state index contributed by atoms with van der Waals surface area (Å²) in [6, 6.07) is 8.20. The average Bonchev–Trinajstić information content (AvgIpc) is 2.59. The molecule has 1 aliphatic heterocycles. The van der Waals surface area contributed by atoms with Gasteiger partial charge in [0.15, 0.2) is 0 Å². The van der Waals surface area contributed by atoms with Crippen LogP contribution in [0.25, 0.3) is 0 Å². The van der Waals surface area contributed by atoms with Crippen LogP contribution >= 0.6 is 0 Å². The normalized spacial score (nSPS) is 17.6. The van der Waals surface area contributed by atoms with Gasteiger partial charge in [0.25, 0.3) is 0 Å². The van der Waals surface area contributed by atoms with Crippen molar-refractivity contribution in [2.24, 2.45) is 5.41 Å². The van der Waals surface area contributed by atoms with Crippen LogP contribution in [0.5, 0.6) is 0 Å². The van der Waals surface area contributed by atoms with Gasteiger partial charge in [-0.05, 0) is 42.2 Å². The number of hydrogen-bond acceptors (Lipinski definition) is 3. The molecule has 1 heterocycles. The van der Waals surface area contributed by atoms with E-state index < -0.39 is 0 Å². The minimum absolute atomic E-state index is 0.00423. The summed E-state index contributed by atoms with van der Waals surface area (Å²) < 4.78 is 5.81. The lowest BCUT2D eigenvalue weighted by atomic mass is 9.79. The van der Waals surface area contributed by atoms with E-state index in [-0.39, 0.29) is 24.0 Å². The third-order valence-corrected chi connectivity index (χ3v) is 5.27. The number of carbonyl (C=O) groups is 1. The fourth-order valence-electron chi connectivity index (χ4n) is 3.35. The predicted molar refractivity (Wildman–Crippen MR) is 91.2 cm³/mol. The van der Waals surface area contributed by atoms with Gasteiger partial charge < -0.3 is 15.2 Å². The van der Waals surface area contributed by atoms with Gasteiger partial charge in [0.05, 0.1) is 19.1 Å². The number of fused-ring (bicyclic) bond motifs is 1. The van der Waals surface area contributed by atoms with E-state index in [0.29, 0.717) is 19.6 Å². The highest BCUT2D eigenvalue weighted by Crippen LogP contribution is 2.31. The van der Waals surface area contributed by atoms with E-state index in [1.807, 2.05) is 12.1 Å². The molecule has 2 rings (SSSR count). The molecule has 128 valence electrons. The number of aliphatic hydroxyl groups is 1. The molecule has 4 nitrogen and oxygen atoms in total. The number of amides is 1. The molecule has 23 heavy (non-hydrogen) atoms. The molecule has 0 saturated carbocycles. The standard InChI is InChI=1S/C19H29NO3/c1-3-19(4-2,10-11-21)14-20-18(22)13-17-16-8-6-5-7-15(16)9-12-23-17/h5-8,17,21H,3-4,9-14H2,1-2H3,(H,20,22). The molecule has 1 aliphatic rings. The topological polar surface area (TPSA) is 58.6 Å². The largest absolute Gasteiger partial charge is 0.396 e. The number of benzene rings is 1. The number of carbonyl (C=O) groups excluding carboxylic acids is 1. The van der Waals surface area contributed by atoms with Crippen LogP contribution in [-0.2, 0) is 16.0 Å². The highest BCUT2D eigenvalue weighted by molar-refractivity contribution is 5.76. The van der Waals surface area contributed by atoms with Crippen molar-refractivity contribution >= 4 is 5.91 Å². The molecule has 4 heteroatoms. The van der Waals surface area contributed by atoms with Crippen molar-refractivity contribution in [2.75, 3.05) is 19.8 Å². The Morgan fingerprint density at radius 3 is 2.78 bits per heavy atom. The molecule has 0 bridgehead atoms. The van der Waals surface area contributed by atoms with Gasteiger partial charge in [-0.15, -0.1) is 0 Å². The fraction of sp³-hybridized carbons (Fsp3) is 0.632. The van der Waals surface area contributed by atoms with Crippen molar-refractivity contribution in [1.82, 2.24) is 5.32 Å². The molecule has 0 spiro atoms. The zero-order valence-corrected chi connectivity index (χ0v) is 14.3. The van der Waals surface area contributed by atoms with Crippen LogP contribution in [0.3, 0.4) is 0 Å². The van der Waals surface area contributed by atoms with Gasteiger partial charge in [0.1, 0.15) is 0 Å². The van der Waals surface area contributed by atoms with Crippen LogP contribution in [0.1, 0.15) is 56.8 Å². The van der Waals surface area contributed by atoms with Gasteiger partial charge in [-0.3, -0.25) is 4.79 Å². The summed E-state index contributed by atoms with van der Waals surface area (Å²) in [4.78, 5) is 12.4. The molecule has 2 N–H and O–H groups in total. The number of hydrogen-bond donors (Lipinski definition) is 2. The molecule has 0 aromatic heterocycles. The lowest BCUT2D eigenvalue weighted by Crippen LogP contribution is -2.38.